The fourth-order valence-corrected chi connectivity index (χ4v) is 2.11. The van der Waals surface area contributed by atoms with Crippen LogP contribution in [-0.2, 0) is 0 Å². The lowest BCUT2D eigenvalue weighted by atomic mass is 10.1. The fraction of sp³-hybridized carbons (Fsp3) is 0.462. The highest BCUT2D eigenvalue weighted by Crippen LogP contribution is 2.25. The summed E-state index contributed by atoms with van der Waals surface area (Å²) in [4.78, 5) is 2.69. The van der Waals surface area contributed by atoms with E-state index in [4.69, 9.17) is 29.6 Å². The maximum absolute atomic E-state index is 6.05. The number of halogens is 1. The number of benzene rings is 1. The van der Waals surface area contributed by atoms with E-state index >= 15 is 0 Å². The van der Waals surface area contributed by atoms with Crippen LogP contribution in [-0.4, -0.2) is 18.1 Å². The molecule has 0 atom stereocenters. The highest BCUT2D eigenvalue weighted by Gasteiger charge is 2.11. The van der Waals surface area contributed by atoms with Crippen LogP contribution in [0.25, 0.3) is 0 Å². The third-order valence-corrected chi connectivity index (χ3v) is 3.18. The van der Waals surface area contributed by atoms with E-state index in [-0.39, 0.29) is 0 Å². The van der Waals surface area contributed by atoms with Gasteiger partial charge in [0.25, 0.3) is 0 Å². The van der Waals surface area contributed by atoms with Crippen molar-refractivity contribution in [1.29, 1.82) is 0 Å². The smallest absolute Gasteiger partial charge is 0.106 e. The van der Waals surface area contributed by atoms with Crippen molar-refractivity contribution in [1.82, 2.24) is 0 Å². The van der Waals surface area contributed by atoms with E-state index in [1.54, 1.807) is 0 Å². The van der Waals surface area contributed by atoms with Crippen molar-refractivity contribution in [2.24, 2.45) is 5.73 Å². The molecule has 1 aromatic rings. The van der Waals surface area contributed by atoms with Crippen LogP contribution in [0.2, 0.25) is 5.02 Å². The molecule has 0 aliphatic rings. The lowest BCUT2D eigenvalue weighted by Crippen LogP contribution is -2.27. The maximum Gasteiger partial charge on any atom is 0.106 e. The number of hydrogen-bond acceptors (Lipinski definition) is 2. The number of rotatable bonds is 6. The van der Waals surface area contributed by atoms with Crippen LogP contribution in [0.4, 0.5) is 5.69 Å². The Bertz CT molecular complexity index is 393. The highest BCUT2D eigenvalue weighted by atomic mass is 35.5. The Hall–Kier alpha value is -0.800. The Labute approximate surface area is 114 Å². The largest absolute Gasteiger partial charge is 0.389 e. The summed E-state index contributed by atoms with van der Waals surface area (Å²) in [5.41, 5.74) is 7.69. The van der Waals surface area contributed by atoms with Gasteiger partial charge in [-0.2, -0.15) is 0 Å². The van der Waals surface area contributed by atoms with Gasteiger partial charge in [-0.15, -0.1) is 0 Å². The Morgan fingerprint density at radius 1 is 1.41 bits per heavy atom. The van der Waals surface area contributed by atoms with Crippen molar-refractivity contribution < 1.29 is 0 Å². The second kappa shape index (κ2) is 6.82. The van der Waals surface area contributed by atoms with Crippen molar-refractivity contribution in [3.05, 3.63) is 28.8 Å². The van der Waals surface area contributed by atoms with Crippen molar-refractivity contribution >= 4 is 34.5 Å². The highest BCUT2D eigenvalue weighted by molar-refractivity contribution is 7.80. The van der Waals surface area contributed by atoms with Crippen molar-refractivity contribution in [3.8, 4) is 0 Å². The van der Waals surface area contributed by atoms with E-state index in [1.165, 1.54) is 6.42 Å². The molecule has 0 aliphatic heterocycles. The summed E-state index contributed by atoms with van der Waals surface area (Å²) in [6, 6.07) is 5.66. The number of nitrogens with two attached hydrogens (primary N) is 1. The zero-order chi connectivity index (χ0) is 12.8. The van der Waals surface area contributed by atoms with Gasteiger partial charge < -0.3 is 10.6 Å². The van der Waals surface area contributed by atoms with Gasteiger partial charge in [-0.1, -0.05) is 37.2 Å². The van der Waals surface area contributed by atoms with Gasteiger partial charge in [-0.3, -0.25) is 0 Å². The summed E-state index contributed by atoms with van der Waals surface area (Å²) in [5, 5.41) is 0.718. The molecule has 0 unspecified atom stereocenters. The molecule has 1 aromatic carbocycles. The quantitative estimate of drug-likeness (QED) is 0.801. The van der Waals surface area contributed by atoms with Crippen LogP contribution in [0.1, 0.15) is 32.3 Å². The minimum Gasteiger partial charge on any atom is -0.389 e. The van der Waals surface area contributed by atoms with Crippen molar-refractivity contribution in [3.63, 3.8) is 0 Å². The summed E-state index contributed by atoms with van der Waals surface area (Å²) >= 11 is 11.1. The minimum absolute atomic E-state index is 0.423. The molecule has 0 aliphatic carbocycles. The first-order valence-corrected chi connectivity index (χ1v) is 6.73. The second-order valence-electron chi connectivity index (χ2n) is 3.96. The van der Waals surface area contributed by atoms with Crippen LogP contribution >= 0.6 is 23.8 Å². The van der Waals surface area contributed by atoms with Crippen molar-refractivity contribution in [2.75, 3.05) is 18.0 Å². The molecule has 2 nitrogen and oxygen atoms in total. The summed E-state index contributed by atoms with van der Waals surface area (Å²) < 4.78 is 0. The predicted octanol–water partition coefficient (Wildman–Crippen LogP) is 3.60. The molecule has 17 heavy (non-hydrogen) atoms. The Morgan fingerprint density at radius 2 is 2.12 bits per heavy atom. The molecule has 0 saturated heterocycles. The number of nitrogens with zero attached hydrogens (tertiary/aromatic N) is 1. The van der Waals surface area contributed by atoms with Crippen LogP contribution in [0.15, 0.2) is 18.2 Å². The number of thiocarbonyl (C=S) groups is 1. The molecule has 2 N–H and O–H groups in total. The van der Waals surface area contributed by atoms with E-state index in [0.717, 1.165) is 35.8 Å². The summed E-state index contributed by atoms with van der Waals surface area (Å²) in [5.74, 6) is 0. The summed E-state index contributed by atoms with van der Waals surface area (Å²) in [6.45, 7) is 6.24. The van der Waals surface area contributed by atoms with Gasteiger partial charge in [0.1, 0.15) is 4.99 Å². The van der Waals surface area contributed by atoms with Gasteiger partial charge in [0.05, 0.1) is 0 Å². The van der Waals surface area contributed by atoms with Crippen molar-refractivity contribution in [2.45, 2.75) is 26.7 Å². The Morgan fingerprint density at radius 3 is 2.65 bits per heavy atom. The van der Waals surface area contributed by atoms with Gasteiger partial charge in [-0.05, 0) is 31.5 Å². The van der Waals surface area contributed by atoms with Gasteiger partial charge in [-0.25, -0.2) is 0 Å². The van der Waals surface area contributed by atoms with Gasteiger partial charge in [0.2, 0.25) is 0 Å². The first-order valence-electron chi connectivity index (χ1n) is 5.94. The van der Waals surface area contributed by atoms with Crippen LogP contribution < -0.4 is 10.6 Å². The molecule has 4 heteroatoms. The fourth-order valence-electron chi connectivity index (χ4n) is 1.77. The minimum atomic E-state index is 0.423. The molecule has 0 radical (unpaired) electrons. The summed E-state index contributed by atoms with van der Waals surface area (Å²) in [7, 11) is 0. The molecule has 94 valence electrons. The molecule has 0 amide bonds. The van der Waals surface area contributed by atoms with Crippen LogP contribution in [0, 0.1) is 0 Å². The van der Waals surface area contributed by atoms with Crippen LogP contribution in [0.3, 0.4) is 0 Å². The van der Waals surface area contributed by atoms with E-state index < -0.39 is 0 Å². The zero-order valence-corrected chi connectivity index (χ0v) is 11.9. The van der Waals surface area contributed by atoms with Gasteiger partial charge >= 0.3 is 0 Å². The summed E-state index contributed by atoms with van der Waals surface area (Å²) in [6.07, 6.45) is 2.32. The second-order valence-corrected chi connectivity index (χ2v) is 4.84. The maximum atomic E-state index is 6.05. The average Bonchev–Trinajstić information content (AvgIpc) is 2.29. The molecule has 0 bridgehead atoms. The topological polar surface area (TPSA) is 29.3 Å². The number of anilines is 1. The van der Waals surface area contributed by atoms with E-state index in [1.807, 2.05) is 18.2 Å². The van der Waals surface area contributed by atoms with Gasteiger partial charge in [0, 0.05) is 29.4 Å². The van der Waals surface area contributed by atoms with Crippen LogP contribution in [0.5, 0.6) is 0 Å². The molecule has 0 heterocycles. The molecule has 0 fully saturated rings. The third kappa shape index (κ3) is 3.86. The van der Waals surface area contributed by atoms with Gasteiger partial charge in [0.15, 0.2) is 0 Å². The molecule has 1 rings (SSSR count). The molecule has 0 saturated carbocycles. The molecule has 0 aromatic heterocycles. The zero-order valence-electron chi connectivity index (χ0n) is 10.4. The SMILES string of the molecule is CCCCN(CC)c1cc(Cl)ccc1C(N)=S. The Balaban J connectivity index is 3.06. The Kier molecular flexibility index (Phi) is 5.72. The van der Waals surface area contributed by atoms with E-state index in [9.17, 15) is 0 Å². The normalized spacial score (nSPS) is 10.3. The molecule has 0 spiro atoms. The number of hydrogen-bond donors (Lipinski definition) is 1. The lowest BCUT2D eigenvalue weighted by molar-refractivity contribution is 0.732. The molecular weight excluding hydrogens is 252 g/mol. The number of unbranched alkanes of at least 4 members (excludes halogenated alkanes) is 1. The van der Waals surface area contributed by atoms with E-state index in [0.29, 0.717) is 4.99 Å². The first-order chi connectivity index (χ1) is 8.10. The standard InChI is InChI=1S/C13H19ClN2S/c1-3-5-8-16(4-2)12-9-10(14)6-7-11(12)13(15)17/h6-7,9H,3-5,8H2,1-2H3,(H2,15,17). The molecular formula is C13H19ClN2S. The third-order valence-electron chi connectivity index (χ3n) is 2.73. The van der Waals surface area contributed by atoms with E-state index in [2.05, 4.69) is 18.7 Å². The average molecular weight is 271 g/mol. The first kappa shape index (κ1) is 14.3. The predicted molar refractivity (Wildman–Crippen MR) is 80.1 cm³/mol. The monoisotopic (exact) mass is 270 g/mol. The lowest BCUT2D eigenvalue weighted by Gasteiger charge is -2.25.